The summed E-state index contributed by atoms with van der Waals surface area (Å²) in [5, 5.41) is 0.297. The van der Waals surface area contributed by atoms with Gasteiger partial charge < -0.3 is 14.0 Å². The number of hydrogen-bond donors (Lipinski definition) is 0. The molecule has 0 amide bonds. The summed E-state index contributed by atoms with van der Waals surface area (Å²) in [5.74, 6) is 0.651. The molecule has 0 aromatic heterocycles. The standard InChI is InChI=1S/C33H23Cl2O5P/c34-27-19-11-20-28(35)30(27)32(37)41(38)29-21-10-9-18-26(29)31(36)24-16-7-8-17-25(24)33(39-22-12-3-1-4-13-22)40-23-14-5-2-6-15-23/h1-21,33,41H. The van der Waals surface area contributed by atoms with Gasteiger partial charge in [0.15, 0.2) is 13.6 Å². The topological polar surface area (TPSA) is 69.7 Å². The van der Waals surface area contributed by atoms with Gasteiger partial charge in [0, 0.05) is 22.0 Å². The van der Waals surface area contributed by atoms with Gasteiger partial charge in [-0.2, -0.15) is 0 Å². The largest absolute Gasteiger partial charge is 0.451 e. The van der Waals surface area contributed by atoms with Crippen LogP contribution in [0.25, 0.3) is 0 Å². The first-order valence-corrected chi connectivity index (χ1v) is 14.8. The van der Waals surface area contributed by atoms with E-state index in [4.69, 9.17) is 32.7 Å². The van der Waals surface area contributed by atoms with E-state index in [1.165, 1.54) is 18.2 Å². The first-order valence-electron chi connectivity index (χ1n) is 12.6. The van der Waals surface area contributed by atoms with Crippen LogP contribution >= 0.6 is 31.0 Å². The zero-order valence-corrected chi connectivity index (χ0v) is 24.0. The number of rotatable bonds is 10. The second-order valence-corrected chi connectivity index (χ2v) is 11.4. The molecule has 0 heterocycles. The Bertz CT molecular complexity index is 1660. The molecule has 0 radical (unpaired) electrons. The lowest BCUT2D eigenvalue weighted by Crippen LogP contribution is -2.21. The van der Waals surface area contributed by atoms with Crippen LogP contribution in [0.4, 0.5) is 0 Å². The Hall–Kier alpha value is -4.15. The van der Waals surface area contributed by atoms with Gasteiger partial charge >= 0.3 is 0 Å². The number of carbonyl (C=O) groups is 2. The van der Waals surface area contributed by atoms with Gasteiger partial charge in [-0.15, -0.1) is 0 Å². The Morgan fingerprint density at radius 1 is 0.585 bits per heavy atom. The molecular weight excluding hydrogens is 578 g/mol. The third kappa shape index (κ3) is 6.44. The van der Waals surface area contributed by atoms with Gasteiger partial charge in [0.05, 0.1) is 15.6 Å². The van der Waals surface area contributed by atoms with Gasteiger partial charge in [-0.3, -0.25) is 9.59 Å². The highest BCUT2D eigenvalue weighted by atomic mass is 35.5. The summed E-state index contributed by atoms with van der Waals surface area (Å²) in [6.45, 7) is 0. The van der Waals surface area contributed by atoms with Crippen LogP contribution < -0.4 is 14.8 Å². The number of ketones is 1. The maximum atomic E-state index is 14.1. The van der Waals surface area contributed by atoms with Crippen molar-refractivity contribution in [2.45, 2.75) is 6.29 Å². The molecule has 1 atom stereocenters. The predicted molar refractivity (Wildman–Crippen MR) is 163 cm³/mol. The number of para-hydroxylation sites is 2. The van der Waals surface area contributed by atoms with Crippen LogP contribution in [0.5, 0.6) is 11.5 Å². The molecule has 1 unspecified atom stereocenters. The normalized spacial score (nSPS) is 11.6. The number of benzene rings is 5. The second-order valence-electron chi connectivity index (χ2n) is 8.91. The average Bonchev–Trinajstić information content (AvgIpc) is 3.01. The van der Waals surface area contributed by atoms with Crippen LogP contribution in [-0.4, -0.2) is 11.3 Å². The van der Waals surface area contributed by atoms with Crippen LogP contribution in [0.15, 0.2) is 127 Å². The third-order valence-electron chi connectivity index (χ3n) is 6.24. The monoisotopic (exact) mass is 600 g/mol. The van der Waals surface area contributed by atoms with Crippen molar-refractivity contribution < 1.29 is 23.6 Å². The Kier molecular flexibility index (Phi) is 9.01. The Morgan fingerprint density at radius 3 is 1.66 bits per heavy atom. The lowest BCUT2D eigenvalue weighted by molar-refractivity contribution is 0.00324. The maximum absolute atomic E-state index is 14.1. The number of ether oxygens (including phenoxy) is 2. The quantitative estimate of drug-likeness (QED) is 0.0914. The van der Waals surface area contributed by atoms with Crippen LogP contribution in [-0.2, 0) is 4.57 Å². The minimum atomic E-state index is -3.19. The van der Waals surface area contributed by atoms with Crippen LogP contribution in [0.3, 0.4) is 0 Å². The van der Waals surface area contributed by atoms with Crippen molar-refractivity contribution in [3.63, 3.8) is 0 Å². The van der Waals surface area contributed by atoms with E-state index in [1.807, 2.05) is 36.4 Å². The van der Waals surface area contributed by atoms with E-state index in [9.17, 15) is 14.2 Å². The van der Waals surface area contributed by atoms with E-state index in [0.717, 1.165) is 0 Å². The van der Waals surface area contributed by atoms with Crippen LogP contribution in [0.2, 0.25) is 10.0 Å². The molecule has 5 aromatic carbocycles. The smallest absolute Gasteiger partial charge is 0.268 e. The van der Waals surface area contributed by atoms with Crippen LogP contribution in [0, 0.1) is 0 Å². The highest BCUT2D eigenvalue weighted by molar-refractivity contribution is 7.71. The molecule has 0 bridgehead atoms. The van der Waals surface area contributed by atoms with Crippen molar-refractivity contribution in [3.8, 4) is 11.5 Å². The summed E-state index contributed by atoms with van der Waals surface area (Å²) in [5.41, 5.74) is 0.0975. The van der Waals surface area contributed by atoms with Gasteiger partial charge in [0.1, 0.15) is 11.5 Å². The van der Waals surface area contributed by atoms with E-state index in [-0.39, 0.29) is 32.0 Å². The van der Waals surface area contributed by atoms with Gasteiger partial charge in [-0.1, -0.05) is 114 Å². The first kappa shape index (κ1) is 28.4. The third-order valence-corrected chi connectivity index (χ3v) is 8.46. The van der Waals surface area contributed by atoms with E-state index in [0.29, 0.717) is 17.1 Å². The molecule has 0 aliphatic rings. The molecule has 5 rings (SSSR count). The van der Waals surface area contributed by atoms with Crippen molar-refractivity contribution in [3.05, 3.63) is 160 Å². The van der Waals surface area contributed by atoms with Gasteiger partial charge in [0.25, 0.3) is 6.29 Å². The number of halogens is 2. The zero-order chi connectivity index (χ0) is 28.8. The molecule has 0 aliphatic carbocycles. The van der Waals surface area contributed by atoms with Crippen molar-refractivity contribution in [2.24, 2.45) is 0 Å². The molecule has 0 saturated carbocycles. The summed E-state index contributed by atoms with van der Waals surface area (Å²) in [6.07, 6.45) is -0.993. The fourth-order valence-electron chi connectivity index (χ4n) is 4.28. The predicted octanol–water partition coefficient (Wildman–Crippen LogP) is 8.41. The van der Waals surface area contributed by atoms with Gasteiger partial charge in [-0.05, 0) is 36.4 Å². The zero-order valence-electron chi connectivity index (χ0n) is 21.5. The number of carbonyl (C=O) groups excluding carboxylic acids is 2. The molecule has 5 nitrogen and oxygen atoms in total. The Labute approximate surface area is 248 Å². The van der Waals surface area contributed by atoms with Crippen molar-refractivity contribution in [2.75, 3.05) is 0 Å². The van der Waals surface area contributed by atoms with E-state index in [2.05, 4.69) is 0 Å². The van der Waals surface area contributed by atoms with Crippen molar-refractivity contribution in [1.29, 1.82) is 0 Å². The second kappa shape index (κ2) is 13.0. The minimum absolute atomic E-state index is 0.0324. The molecule has 0 spiro atoms. The summed E-state index contributed by atoms with van der Waals surface area (Å²) in [4.78, 5) is 27.4. The lowest BCUT2D eigenvalue weighted by atomic mass is 9.98. The molecule has 204 valence electrons. The van der Waals surface area contributed by atoms with E-state index < -0.39 is 25.4 Å². The summed E-state index contributed by atoms with van der Waals surface area (Å²) < 4.78 is 26.1. The summed E-state index contributed by atoms with van der Waals surface area (Å²) in [7, 11) is -3.19. The van der Waals surface area contributed by atoms with E-state index >= 15 is 0 Å². The highest BCUT2D eigenvalue weighted by Crippen LogP contribution is 2.36. The molecular formula is C33H23Cl2O5P. The van der Waals surface area contributed by atoms with Crippen LogP contribution in [0.1, 0.15) is 38.1 Å². The SMILES string of the molecule is O=C(c1ccccc1C(Oc1ccccc1)Oc1ccccc1)c1ccccc1[PH](=O)C(=O)c1c(Cl)cccc1Cl. The maximum Gasteiger partial charge on any atom is 0.268 e. The Morgan fingerprint density at radius 2 is 1.07 bits per heavy atom. The fraction of sp³-hybridized carbons (Fsp3) is 0.0303. The van der Waals surface area contributed by atoms with Crippen molar-refractivity contribution in [1.82, 2.24) is 0 Å². The van der Waals surface area contributed by atoms with E-state index in [1.54, 1.807) is 72.8 Å². The first-order chi connectivity index (χ1) is 19.9. The molecule has 5 aromatic rings. The molecule has 8 heteroatoms. The van der Waals surface area contributed by atoms with Gasteiger partial charge in [0.2, 0.25) is 5.52 Å². The summed E-state index contributed by atoms with van der Waals surface area (Å²) in [6, 6.07) is 36.1. The molecule has 0 aliphatic heterocycles. The fourth-order valence-corrected chi connectivity index (χ4v) is 6.44. The molecule has 0 fully saturated rings. The average molecular weight is 601 g/mol. The molecule has 0 saturated heterocycles. The lowest BCUT2D eigenvalue weighted by Gasteiger charge is -2.23. The number of hydrogen-bond acceptors (Lipinski definition) is 5. The minimum Gasteiger partial charge on any atom is -0.451 e. The Balaban J connectivity index is 1.54. The molecule has 41 heavy (non-hydrogen) atoms. The highest BCUT2D eigenvalue weighted by Gasteiger charge is 2.28. The van der Waals surface area contributed by atoms with Gasteiger partial charge in [-0.25, -0.2) is 0 Å². The van der Waals surface area contributed by atoms with Crippen molar-refractivity contribution >= 4 is 47.6 Å². The summed E-state index contributed by atoms with van der Waals surface area (Å²) >= 11 is 12.4. The molecule has 0 N–H and O–H groups in total.